The van der Waals surface area contributed by atoms with Crippen molar-refractivity contribution in [1.29, 1.82) is 0 Å². The summed E-state index contributed by atoms with van der Waals surface area (Å²) in [5.74, 6) is 2.35. The molecule has 6 aliphatic rings. The van der Waals surface area contributed by atoms with Crippen molar-refractivity contribution in [3.63, 3.8) is 0 Å². The molecule has 8 nitrogen and oxygen atoms in total. The molecular formula is C28H46N4O4. The highest BCUT2D eigenvalue weighted by Gasteiger charge is 2.61. The minimum atomic E-state index is -0.427. The number of carbonyl (C=O) groups excluding carboxylic acids is 2. The van der Waals surface area contributed by atoms with Gasteiger partial charge in [0.15, 0.2) is 0 Å². The Kier molecular flexibility index (Phi) is 7.57. The Morgan fingerprint density at radius 2 is 1.94 bits per heavy atom. The number of nitrogens with one attached hydrogen (secondary N) is 2. The van der Waals surface area contributed by atoms with Gasteiger partial charge in [0.25, 0.3) is 0 Å². The van der Waals surface area contributed by atoms with Crippen molar-refractivity contribution in [2.45, 2.75) is 95.0 Å². The van der Waals surface area contributed by atoms with Gasteiger partial charge in [-0.3, -0.25) is 14.5 Å². The molecule has 0 radical (unpaired) electrons. The Hall–Kier alpha value is -1.22. The second-order valence-electron chi connectivity index (χ2n) is 12.3. The summed E-state index contributed by atoms with van der Waals surface area (Å²) < 4.78 is 11.8. The first-order valence-corrected chi connectivity index (χ1v) is 14.9. The van der Waals surface area contributed by atoms with Gasteiger partial charge in [0.05, 0.1) is 25.4 Å². The van der Waals surface area contributed by atoms with E-state index < -0.39 is 6.10 Å². The Labute approximate surface area is 216 Å². The lowest BCUT2D eigenvalue weighted by molar-refractivity contribution is -0.152. The van der Waals surface area contributed by atoms with Gasteiger partial charge in [-0.05, 0) is 82.7 Å². The van der Waals surface area contributed by atoms with E-state index in [2.05, 4.69) is 20.4 Å². The number of nitrogens with zero attached hydrogens (tertiary/aromatic N) is 2. The first-order valence-electron chi connectivity index (χ1n) is 14.9. The maximum atomic E-state index is 13.7. The number of ether oxygens (including phenoxy) is 2. The fraction of sp³-hybridized carbons (Fsp3) is 0.929. The average Bonchev–Trinajstić information content (AvgIpc) is 3.25. The van der Waals surface area contributed by atoms with E-state index in [0.717, 1.165) is 77.9 Å². The number of rotatable bonds is 7. The molecule has 8 heteroatoms. The van der Waals surface area contributed by atoms with Crippen molar-refractivity contribution < 1.29 is 19.1 Å². The molecule has 2 amide bonds. The van der Waals surface area contributed by atoms with Crippen LogP contribution in [0.1, 0.15) is 64.7 Å². The van der Waals surface area contributed by atoms with Gasteiger partial charge in [0.1, 0.15) is 6.10 Å². The molecule has 36 heavy (non-hydrogen) atoms. The second kappa shape index (κ2) is 10.9. The Morgan fingerprint density at radius 3 is 2.81 bits per heavy atom. The second-order valence-corrected chi connectivity index (χ2v) is 12.3. The first kappa shape index (κ1) is 25.1. The summed E-state index contributed by atoms with van der Waals surface area (Å²) in [5, 5.41) is 6.95. The molecule has 6 rings (SSSR count). The predicted molar refractivity (Wildman–Crippen MR) is 136 cm³/mol. The molecule has 2 aliphatic carbocycles. The fourth-order valence-electron chi connectivity index (χ4n) is 8.76. The van der Waals surface area contributed by atoms with E-state index >= 15 is 0 Å². The highest BCUT2D eigenvalue weighted by atomic mass is 16.5. The van der Waals surface area contributed by atoms with Crippen LogP contribution in [0.15, 0.2) is 0 Å². The summed E-state index contributed by atoms with van der Waals surface area (Å²) in [7, 11) is 0. The summed E-state index contributed by atoms with van der Waals surface area (Å²) in [6.45, 7) is 8.27. The van der Waals surface area contributed by atoms with Crippen LogP contribution >= 0.6 is 0 Å². The third-order valence-electron chi connectivity index (χ3n) is 10.4. The topological polar surface area (TPSA) is 83.1 Å². The van der Waals surface area contributed by atoms with Crippen LogP contribution in [-0.4, -0.2) is 97.9 Å². The molecule has 202 valence electrons. The van der Waals surface area contributed by atoms with E-state index in [1.807, 2.05) is 6.92 Å². The van der Waals surface area contributed by atoms with Crippen molar-refractivity contribution in [3.8, 4) is 0 Å². The number of carbonyl (C=O) groups is 2. The SMILES string of the molecule is CC(OC1CCC2C(C1)C1CCNC3C4CCCCC4C(=O)N2C13)C(=O)NCCCN1CCOCC1. The van der Waals surface area contributed by atoms with Crippen LogP contribution in [0, 0.1) is 23.7 Å². The highest BCUT2D eigenvalue weighted by molar-refractivity contribution is 5.82. The normalized spacial score (nSPS) is 41.2. The summed E-state index contributed by atoms with van der Waals surface area (Å²) in [5.41, 5.74) is 0. The maximum absolute atomic E-state index is 13.7. The number of morpholine rings is 1. The first-order chi connectivity index (χ1) is 17.6. The zero-order valence-electron chi connectivity index (χ0n) is 22.0. The van der Waals surface area contributed by atoms with E-state index in [1.165, 1.54) is 19.3 Å². The summed E-state index contributed by atoms with van der Waals surface area (Å²) in [4.78, 5) is 31.2. The van der Waals surface area contributed by atoms with Crippen LogP contribution < -0.4 is 10.6 Å². The van der Waals surface area contributed by atoms with E-state index in [9.17, 15) is 9.59 Å². The third kappa shape index (κ3) is 4.72. The fourth-order valence-corrected chi connectivity index (χ4v) is 8.76. The maximum Gasteiger partial charge on any atom is 0.248 e. The van der Waals surface area contributed by atoms with E-state index in [4.69, 9.17) is 9.47 Å². The van der Waals surface area contributed by atoms with Gasteiger partial charge in [-0.25, -0.2) is 0 Å². The zero-order chi connectivity index (χ0) is 24.6. The van der Waals surface area contributed by atoms with Crippen LogP contribution in [0.4, 0.5) is 0 Å². The molecule has 2 N–H and O–H groups in total. The average molecular weight is 503 g/mol. The molecule has 4 saturated heterocycles. The lowest BCUT2D eigenvalue weighted by Crippen LogP contribution is -2.66. The molecule has 9 unspecified atom stereocenters. The van der Waals surface area contributed by atoms with E-state index in [0.29, 0.717) is 48.3 Å². The van der Waals surface area contributed by atoms with Crippen molar-refractivity contribution in [1.82, 2.24) is 20.4 Å². The minimum absolute atomic E-state index is 0.00382. The Balaban J connectivity index is 1.02. The molecule has 6 fully saturated rings. The van der Waals surface area contributed by atoms with Crippen LogP contribution in [0.5, 0.6) is 0 Å². The van der Waals surface area contributed by atoms with Gasteiger partial charge < -0.3 is 25.0 Å². The van der Waals surface area contributed by atoms with Gasteiger partial charge in [0, 0.05) is 37.6 Å². The zero-order valence-corrected chi connectivity index (χ0v) is 22.0. The molecule has 4 heterocycles. The monoisotopic (exact) mass is 502 g/mol. The number of piperidine rings is 2. The smallest absolute Gasteiger partial charge is 0.248 e. The predicted octanol–water partition coefficient (Wildman–Crippen LogP) is 1.78. The Morgan fingerprint density at radius 1 is 1.11 bits per heavy atom. The highest BCUT2D eigenvalue weighted by Crippen LogP contribution is 2.54. The van der Waals surface area contributed by atoms with E-state index in [1.54, 1.807) is 0 Å². The van der Waals surface area contributed by atoms with Crippen LogP contribution in [-0.2, 0) is 19.1 Å². The molecule has 0 aromatic rings. The third-order valence-corrected chi connectivity index (χ3v) is 10.4. The van der Waals surface area contributed by atoms with Crippen molar-refractivity contribution >= 4 is 11.8 Å². The van der Waals surface area contributed by atoms with E-state index in [-0.39, 0.29) is 17.9 Å². The molecule has 9 atom stereocenters. The molecule has 0 aromatic carbocycles. The molecular weight excluding hydrogens is 456 g/mol. The minimum Gasteiger partial charge on any atom is -0.379 e. The van der Waals surface area contributed by atoms with Gasteiger partial charge in [-0.2, -0.15) is 0 Å². The lowest BCUT2D eigenvalue weighted by atomic mass is 9.66. The lowest BCUT2D eigenvalue weighted by Gasteiger charge is -2.52. The summed E-state index contributed by atoms with van der Waals surface area (Å²) in [6, 6.07) is 1.24. The quantitative estimate of drug-likeness (QED) is 0.517. The molecule has 2 saturated carbocycles. The van der Waals surface area contributed by atoms with Crippen molar-refractivity contribution in [2.75, 3.05) is 45.9 Å². The summed E-state index contributed by atoms with van der Waals surface area (Å²) >= 11 is 0. The molecule has 0 spiro atoms. The van der Waals surface area contributed by atoms with Gasteiger partial charge in [-0.1, -0.05) is 12.8 Å². The standard InChI is InChI=1S/C28H46N4O4/c1-18(27(33)30-10-4-12-31-13-15-35-16-14-31)36-19-7-8-24-23(17-19)21-9-11-29-25-20-5-2-3-6-22(20)28(34)32(24)26(21)25/h18-26,29H,2-17H2,1H3,(H,30,33). The van der Waals surface area contributed by atoms with Gasteiger partial charge >= 0.3 is 0 Å². The van der Waals surface area contributed by atoms with Crippen LogP contribution in [0.25, 0.3) is 0 Å². The number of hydrogen-bond acceptors (Lipinski definition) is 6. The molecule has 0 bridgehead atoms. The number of hydrogen-bond donors (Lipinski definition) is 2. The number of amides is 2. The van der Waals surface area contributed by atoms with Gasteiger partial charge in [0.2, 0.25) is 11.8 Å². The van der Waals surface area contributed by atoms with Crippen LogP contribution in [0.2, 0.25) is 0 Å². The number of fused-ring (bicyclic) bond motifs is 5. The van der Waals surface area contributed by atoms with Crippen LogP contribution in [0.3, 0.4) is 0 Å². The van der Waals surface area contributed by atoms with Crippen molar-refractivity contribution in [2.24, 2.45) is 23.7 Å². The summed E-state index contributed by atoms with van der Waals surface area (Å²) in [6.07, 6.45) is 9.55. The van der Waals surface area contributed by atoms with Crippen molar-refractivity contribution in [3.05, 3.63) is 0 Å². The molecule has 0 aromatic heterocycles. The van der Waals surface area contributed by atoms with Gasteiger partial charge in [-0.15, -0.1) is 0 Å². The molecule has 4 aliphatic heterocycles. The largest absolute Gasteiger partial charge is 0.379 e. The Bertz CT molecular complexity index is 804.